The molecule has 0 spiro atoms. The summed E-state index contributed by atoms with van der Waals surface area (Å²) in [6.07, 6.45) is 2.52. The minimum absolute atomic E-state index is 0.0364. The molecule has 1 aromatic carbocycles. The summed E-state index contributed by atoms with van der Waals surface area (Å²) >= 11 is 0. The van der Waals surface area contributed by atoms with E-state index in [0.29, 0.717) is 12.0 Å². The SMILES string of the molecule is CCC(CO)NC(=O)c1cccc2[nH]ccc12. The molecular weight excluding hydrogens is 216 g/mol. The van der Waals surface area contributed by atoms with Crippen LogP contribution >= 0.6 is 0 Å². The lowest BCUT2D eigenvalue weighted by molar-refractivity contribution is 0.0916. The summed E-state index contributed by atoms with van der Waals surface area (Å²) in [5.41, 5.74) is 1.57. The summed E-state index contributed by atoms with van der Waals surface area (Å²) < 4.78 is 0. The lowest BCUT2D eigenvalue weighted by Gasteiger charge is -2.14. The van der Waals surface area contributed by atoms with Crippen LogP contribution in [-0.2, 0) is 0 Å². The number of rotatable bonds is 4. The second-order valence-electron chi connectivity index (χ2n) is 4.01. The first-order chi connectivity index (χ1) is 8.26. The first-order valence-corrected chi connectivity index (χ1v) is 5.74. The number of benzene rings is 1. The van der Waals surface area contributed by atoms with E-state index in [2.05, 4.69) is 10.3 Å². The molecule has 2 rings (SSSR count). The highest BCUT2D eigenvalue weighted by molar-refractivity contribution is 6.06. The molecule has 4 heteroatoms. The van der Waals surface area contributed by atoms with Crippen LogP contribution in [0.2, 0.25) is 0 Å². The van der Waals surface area contributed by atoms with E-state index in [0.717, 1.165) is 10.9 Å². The monoisotopic (exact) mass is 232 g/mol. The van der Waals surface area contributed by atoms with E-state index < -0.39 is 0 Å². The topological polar surface area (TPSA) is 65.1 Å². The molecule has 0 aliphatic rings. The van der Waals surface area contributed by atoms with E-state index in [1.54, 1.807) is 6.07 Å². The van der Waals surface area contributed by atoms with E-state index in [1.807, 2.05) is 31.3 Å². The van der Waals surface area contributed by atoms with E-state index in [4.69, 9.17) is 5.11 Å². The van der Waals surface area contributed by atoms with Crippen LogP contribution < -0.4 is 5.32 Å². The number of carbonyl (C=O) groups excluding carboxylic acids is 1. The van der Waals surface area contributed by atoms with Gasteiger partial charge in [0.1, 0.15) is 0 Å². The molecule has 0 bridgehead atoms. The van der Waals surface area contributed by atoms with Crippen LogP contribution in [0.5, 0.6) is 0 Å². The number of aromatic amines is 1. The lowest BCUT2D eigenvalue weighted by atomic mass is 10.1. The fraction of sp³-hybridized carbons (Fsp3) is 0.308. The second-order valence-corrected chi connectivity index (χ2v) is 4.01. The predicted molar refractivity (Wildman–Crippen MR) is 66.9 cm³/mol. The highest BCUT2D eigenvalue weighted by atomic mass is 16.3. The van der Waals surface area contributed by atoms with Gasteiger partial charge in [-0.25, -0.2) is 0 Å². The van der Waals surface area contributed by atoms with Crippen LogP contribution in [0.1, 0.15) is 23.7 Å². The van der Waals surface area contributed by atoms with E-state index in [-0.39, 0.29) is 18.6 Å². The molecule has 0 aliphatic heterocycles. The van der Waals surface area contributed by atoms with E-state index in [9.17, 15) is 4.79 Å². The number of amides is 1. The molecule has 1 heterocycles. The summed E-state index contributed by atoms with van der Waals surface area (Å²) in [5, 5.41) is 12.8. The molecule has 0 radical (unpaired) electrons. The van der Waals surface area contributed by atoms with Gasteiger partial charge < -0.3 is 15.4 Å². The molecule has 0 aliphatic carbocycles. The van der Waals surface area contributed by atoms with Crippen molar-refractivity contribution in [3.05, 3.63) is 36.0 Å². The average Bonchev–Trinajstić information content (AvgIpc) is 2.83. The van der Waals surface area contributed by atoms with Crippen molar-refractivity contribution in [2.24, 2.45) is 0 Å². The van der Waals surface area contributed by atoms with Crippen molar-refractivity contribution >= 4 is 16.8 Å². The molecule has 2 aromatic rings. The number of aromatic nitrogens is 1. The summed E-state index contributed by atoms with van der Waals surface area (Å²) in [5.74, 6) is -0.142. The molecular formula is C13H16N2O2. The van der Waals surface area contributed by atoms with Crippen LogP contribution in [0.4, 0.5) is 0 Å². The lowest BCUT2D eigenvalue weighted by Crippen LogP contribution is -2.36. The molecule has 0 saturated heterocycles. The van der Waals surface area contributed by atoms with Gasteiger partial charge in [-0.1, -0.05) is 13.0 Å². The van der Waals surface area contributed by atoms with Crippen LogP contribution in [0, 0.1) is 0 Å². The first-order valence-electron chi connectivity index (χ1n) is 5.74. The van der Waals surface area contributed by atoms with Crippen molar-refractivity contribution < 1.29 is 9.90 Å². The maximum atomic E-state index is 12.0. The molecule has 1 amide bonds. The number of fused-ring (bicyclic) bond motifs is 1. The maximum Gasteiger partial charge on any atom is 0.252 e. The van der Waals surface area contributed by atoms with Crippen LogP contribution in [0.25, 0.3) is 10.9 Å². The predicted octanol–water partition coefficient (Wildman–Crippen LogP) is 1.67. The van der Waals surface area contributed by atoms with Crippen molar-refractivity contribution in [3.63, 3.8) is 0 Å². The molecule has 1 unspecified atom stereocenters. The Bertz CT molecular complexity index is 515. The quantitative estimate of drug-likeness (QED) is 0.750. The van der Waals surface area contributed by atoms with Gasteiger partial charge in [-0.05, 0) is 24.6 Å². The zero-order chi connectivity index (χ0) is 12.3. The van der Waals surface area contributed by atoms with Gasteiger partial charge in [0, 0.05) is 22.7 Å². The fourth-order valence-electron chi connectivity index (χ4n) is 1.82. The highest BCUT2D eigenvalue weighted by Crippen LogP contribution is 2.17. The van der Waals surface area contributed by atoms with Crippen molar-refractivity contribution in [3.8, 4) is 0 Å². The van der Waals surface area contributed by atoms with E-state index >= 15 is 0 Å². The average molecular weight is 232 g/mol. The van der Waals surface area contributed by atoms with Gasteiger partial charge in [-0.3, -0.25) is 4.79 Å². The Kier molecular flexibility index (Phi) is 3.44. The maximum absolute atomic E-state index is 12.0. The molecule has 3 N–H and O–H groups in total. The Morgan fingerprint density at radius 2 is 2.29 bits per heavy atom. The number of aliphatic hydroxyl groups excluding tert-OH is 1. The van der Waals surface area contributed by atoms with E-state index in [1.165, 1.54) is 0 Å². The molecule has 0 saturated carbocycles. The normalized spacial score (nSPS) is 12.6. The number of H-pyrrole nitrogens is 1. The minimum atomic E-state index is -0.184. The van der Waals surface area contributed by atoms with Crippen LogP contribution in [0.3, 0.4) is 0 Å². The molecule has 0 fully saturated rings. The number of aliphatic hydroxyl groups is 1. The Morgan fingerprint density at radius 1 is 1.47 bits per heavy atom. The van der Waals surface area contributed by atoms with Crippen molar-refractivity contribution in [1.82, 2.24) is 10.3 Å². The van der Waals surface area contributed by atoms with Crippen molar-refractivity contribution in [2.75, 3.05) is 6.61 Å². The van der Waals surface area contributed by atoms with Crippen LogP contribution in [-0.4, -0.2) is 28.6 Å². The molecule has 17 heavy (non-hydrogen) atoms. The van der Waals surface area contributed by atoms with Crippen molar-refractivity contribution in [2.45, 2.75) is 19.4 Å². The Balaban J connectivity index is 2.27. The van der Waals surface area contributed by atoms with Crippen LogP contribution in [0.15, 0.2) is 30.5 Å². The number of nitrogens with one attached hydrogen (secondary N) is 2. The summed E-state index contributed by atoms with van der Waals surface area (Å²) in [7, 11) is 0. The highest BCUT2D eigenvalue weighted by Gasteiger charge is 2.13. The molecule has 4 nitrogen and oxygen atoms in total. The smallest absolute Gasteiger partial charge is 0.252 e. The second kappa shape index (κ2) is 5.01. The van der Waals surface area contributed by atoms with Gasteiger partial charge in [0.2, 0.25) is 0 Å². The number of carbonyl (C=O) groups is 1. The number of hydrogen-bond donors (Lipinski definition) is 3. The zero-order valence-corrected chi connectivity index (χ0v) is 9.73. The van der Waals surface area contributed by atoms with Gasteiger partial charge in [0.15, 0.2) is 0 Å². The zero-order valence-electron chi connectivity index (χ0n) is 9.73. The van der Waals surface area contributed by atoms with Gasteiger partial charge in [0.25, 0.3) is 5.91 Å². The molecule has 1 atom stereocenters. The third-order valence-electron chi connectivity index (χ3n) is 2.89. The molecule has 90 valence electrons. The Morgan fingerprint density at radius 3 is 3.00 bits per heavy atom. The third-order valence-corrected chi connectivity index (χ3v) is 2.89. The minimum Gasteiger partial charge on any atom is -0.394 e. The van der Waals surface area contributed by atoms with Gasteiger partial charge >= 0.3 is 0 Å². The number of hydrogen-bond acceptors (Lipinski definition) is 2. The third kappa shape index (κ3) is 2.31. The fourth-order valence-corrected chi connectivity index (χ4v) is 1.82. The summed E-state index contributed by atoms with van der Waals surface area (Å²) in [6.45, 7) is 1.89. The summed E-state index contributed by atoms with van der Waals surface area (Å²) in [4.78, 5) is 15.1. The Hall–Kier alpha value is -1.81. The molecule has 1 aromatic heterocycles. The van der Waals surface area contributed by atoms with Crippen molar-refractivity contribution in [1.29, 1.82) is 0 Å². The Labute approximate surface area is 99.7 Å². The first kappa shape index (κ1) is 11.7. The van der Waals surface area contributed by atoms with Gasteiger partial charge in [0.05, 0.1) is 12.6 Å². The van der Waals surface area contributed by atoms with Gasteiger partial charge in [-0.15, -0.1) is 0 Å². The standard InChI is InChI=1S/C13H16N2O2/c1-2-9(8-16)15-13(17)11-4-3-5-12-10(11)6-7-14-12/h3-7,9,14,16H,2,8H2,1H3,(H,15,17). The van der Waals surface area contributed by atoms with Gasteiger partial charge in [-0.2, -0.15) is 0 Å². The largest absolute Gasteiger partial charge is 0.394 e. The summed E-state index contributed by atoms with van der Waals surface area (Å²) in [6, 6.07) is 7.25.